The normalized spacial score (nSPS) is 11.1. The van der Waals surface area contributed by atoms with Crippen molar-refractivity contribution in [1.82, 2.24) is 5.32 Å². The highest BCUT2D eigenvalue weighted by atomic mass is 32.2. The molecule has 0 heterocycles. The number of benzene rings is 3. The van der Waals surface area contributed by atoms with E-state index in [0.29, 0.717) is 24.6 Å². The van der Waals surface area contributed by atoms with E-state index < -0.39 is 10.0 Å². The van der Waals surface area contributed by atoms with E-state index in [1.165, 1.54) is 17.0 Å². The van der Waals surface area contributed by atoms with Crippen LogP contribution in [0.15, 0.2) is 94.7 Å². The molecule has 0 saturated carbocycles. The minimum absolute atomic E-state index is 0.114. The molecule has 0 saturated heterocycles. The fraction of sp³-hybridized carbons (Fsp3) is 0.240. The molecule has 8 heteroatoms. The largest absolute Gasteiger partial charge is 0.492 e. The lowest BCUT2D eigenvalue weighted by atomic mass is 10.3. The first-order valence-electron chi connectivity index (χ1n) is 10.8. The van der Waals surface area contributed by atoms with Gasteiger partial charge in [0, 0.05) is 11.4 Å². The summed E-state index contributed by atoms with van der Waals surface area (Å²) in [6.07, 6.45) is 0.770. The predicted molar refractivity (Wildman–Crippen MR) is 133 cm³/mol. The van der Waals surface area contributed by atoms with Crippen molar-refractivity contribution in [3.63, 3.8) is 0 Å². The van der Waals surface area contributed by atoms with Gasteiger partial charge in [0.1, 0.15) is 12.3 Å². The number of anilines is 1. The smallest absolute Gasteiger partial charge is 0.264 e. The number of nitrogens with zero attached hydrogens (tertiary/aromatic N) is 1. The van der Waals surface area contributed by atoms with Crippen molar-refractivity contribution in [1.29, 1.82) is 0 Å². The van der Waals surface area contributed by atoms with Crippen LogP contribution >= 0.6 is 11.8 Å². The Kier molecular flexibility index (Phi) is 9.21. The standard InChI is InChI=1S/C25H28N2O4S2/c1-2-31-24-17-10-9-16-23(24)27(33(29,30)22-14-7-4-8-15-22)20-25(28)26-18-11-19-32-21-12-5-3-6-13-21/h3-10,12-17H,2,11,18-20H2,1H3,(H,26,28). The van der Waals surface area contributed by atoms with Gasteiger partial charge in [0.25, 0.3) is 10.0 Å². The number of rotatable bonds is 12. The van der Waals surface area contributed by atoms with Gasteiger partial charge in [0.2, 0.25) is 5.91 Å². The van der Waals surface area contributed by atoms with Crippen molar-refractivity contribution in [2.75, 3.05) is 29.8 Å². The first kappa shape index (κ1) is 24.7. The van der Waals surface area contributed by atoms with Crippen molar-refractivity contribution in [2.24, 2.45) is 0 Å². The Bertz CT molecular complexity index is 1120. The summed E-state index contributed by atoms with van der Waals surface area (Å²) >= 11 is 1.72. The lowest BCUT2D eigenvalue weighted by molar-refractivity contribution is -0.119. The van der Waals surface area contributed by atoms with Gasteiger partial charge in [-0.15, -0.1) is 11.8 Å². The van der Waals surface area contributed by atoms with Crippen LogP contribution in [0.1, 0.15) is 13.3 Å². The summed E-state index contributed by atoms with van der Waals surface area (Å²) in [4.78, 5) is 14.0. The summed E-state index contributed by atoms with van der Waals surface area (Å²) < 4.78 is 33.6. The van der Waals surface area contributed by atoms with E-state index in [9.17, 15) is 13.2 Å². The zero-order chi connectivity index (χ0) is 23.5. The van der Waals surface area contributed by atoms with E-state index in [1.807, 2.05) is 37.3 Å². The van der Waals surface area contributed by atoms with Crippen molar-refractivity contribution in [3.05, 3.63) is 84.9 Å². The third-order valence-electron chi connectivity index (χ3n) is 4.71. The average Bonchev–Trinajstić information content (AvgIpc) is 2.84. The molecule has 33 heavy (non-hydrogen) atoms. The number of thioether (sulfide) groups is 1. The molecule has 3 rings (SSSR count). The van der Waals surface area contributed by atoms with Gasteiger partial charge in [0.05, 0.1) is 17.2 Å². The fourth-order valence-electron chi connectivity index (χ4n) is 3.15. The number of hydrogen-bond donors (Lipinski definition) is 1. The molecule has 0 atom stereocenters. The van der Waals surface area contributed by atoms with Crippen molar-refractivity contribution in [3.8, 4) is 5.75 Å². The van der Waals surface area contributed by atoms with Crippen LogP contribution in [0.3, 0.4) is 0 Å². The first-order valence-corrected chi connectivity index (χ1v) is 13.2. The van der Waals surface area contributed by atoms with E-state index in [4.69, 9.17) is 4.74 Å². The van der Waals surface area contributed by atoms with E-state index >= 15 is 0 Å². The van der Waals surface area contributed by atoms with Crippen LogP contribution in [-0.4, -0.2) is 39.8 Å². The molecule has 0 radical (unpaired) electrons. The van der Waals surface area contributed by atoms with Crippen LogP contribution in [0.2, 0.25) is 0 Å². The van der Waals surface area contributed by atoms with Gasteiger partial charge in [-0.2, -0.15) is 0 Å². The highest BCUT2D eigenvalue weighted by Gasteiger charge is 2.29. The SMILES string of the molecule is CCOc1ccccc1N(CC(=O)NCCCSc1ccccc1)S(=O)(=O)c1ccccc1. The lowest BCUT2D eigenvalue weighted by Gasteiger charge is -2.26. The highest BCUT2D eigenvalue weighted by molar-refractivity contribution is 7.99. The monoisotopic (exact) mass is 484 g/mol. The zero-order valence-electron chi connectivity index (χ0n) is 18.5. The lowest BCUT2D eigenvalue weighted by Crippen LogP contribution is -2.41. The van der Waals surface area contributed by atoms with Crippen molar-refractivity contribution >= 4 is 33.4 Å². The highest BCUT2D eigenvalue weighted by Crippen LogP contribution is 2.32. The van der Waals surface area contributed by atoms with Crippen LogP contribution in [0, 0.1) is 0 Å². The maximum Gasteiger partial charge on any atom is 0.264 e. The van der Waals surface area contributed by atoms with E-state index in [1.54, 1.807) is 54.2 Å². The third-order valence-corrected chi connectivity index (χ3v) is 7.58. The summed E-state index contributed by atoms with van der Waals surface area (Å²) in [5, 5.41) is 2.84. The molecule has 0 aliphatic carbocycles. The van der Waals surface area contributed by atoms with Gasteiger partial charge in [-0.05, 0) is 55.5 Å². The Morgan fingerprint density at radius 3 is 2.27 bits per heavy atom. The van der Waals surface area contributed by atoms with Gasteiger partial charge >= 0.3 is 0 Å². The minimum Gasteiger partial charge on any atom is -0.492 e. The maximum atomic E-state index is 13.4. The fourth-order valence-corrected chi connectivity index (χ4v) is 5.48. The molecule has 0 unspecified atom stereocenters. The molecule has 0 spiro atoms. The molecule has 1 N–H and O–H groups in total. The molecule has 0 bridgehead atoms. The maximum absolute atomic E-state index is 13.4. The quantitative estimate of drug-likeness (QED) is 0.301. The number of carbonyl (C=O) groups is 1. The van der Waals surface area contributed by atoms with Gasteiger partial charge in [0.15, 0.2) is 0 Å². The second kappa shape index (κ2) is 12.3. The van der Waals surface area contributed by atoms with Gasteiger partial charge in [-0.25, -0.2) is 8.42 Å². The number of para-hydroxylation sites is 2. The Labute approximate surface area is 200 Å². The summed E-state index contributed by atoms with van der Waals surface area (Å²) in [6.45, 7) is 2.33. The Morgan fingerprint density at radius 2 is 1.58 bits per heavy atom. The van der Waals surface area contributed by atoms with Crippen molar-refractivity contribution < 1.29 is 17.9 Å². The summed E-state index contributed by atoms with van der Waals surface area (Å²) in [5.41, 5.74) is 0.331. The van der Waals surface area contributed by atoms with Crippen LogP contribution < -0.4 is 14.4 Å². The van der Waals surface area contributed by atoms with Crippen LogP contribution in [0.4, 0.5) is 5.69 Å². The van der Waals surface area contributed by atoms with Crippen LogP contribution in [-0.2, 0) is 14.8 Å². The molecule has 3 aromatic carbocycles. The average molecular weight is 485 g/mol. The number of amides is 1. The molecular weight excluding hydrogens is 456 g/mol. The summed E-state index contributed by atoms with van der Waals surface area (Å²) in [7, 11) is -3.97. The van der Waals surface area contributed by atoms with Crippen LogP contribution in [0.25, 0.3) is 0 Å². The number of carbonyl (C=O) groups excluding carboxylic acids is 1. The molecule has 0 aliphatic rings. The topological polar surface area (TPSA) is 75.7 Å². The Morgan fingerprint density at radius 1 is 0.939 bits per heavy atom. The Balaban J connectivity index is 1.70. The van der Waals surface area contributed by atoms with E-state index in [0.717, 1.165) is 16.5 Å². The van der Waals surface area contributed by atoms with Crippen molar-refractivity contribution in [2.45, 2.75) is 23.1 Å². The minimum atomic E-state index is -3.97. The third kappa shape index (κ3) is 7.00. The molecular formula is C25H28N2O4S2. The molecule has 0 aliphatic heterocycles. The van der Waals surface area contributed by atoms with E-state index in [-0.39, 0.29) is 17.3 Å². The predicted octanol–water partition coefficient (Wildman–Crippen LogP) is 4.58. The Hall–Kier alpha value is -2.97. The van der Waals surface area contributed by atoms with Gasteiger partial charge in [-0.3, -0.25) is 9.10 Å². The van der Waals surface area contributed by atoms with E-state index in [2.05, 4.69) is 5.32 Å². The zero-order valence-corrected chi connectivity index (χ0v) is 20.1. The van der Waals surface area contributed by atoms with Crippen LogP contribution in [0.5, 0.6) is 5.75 Å². The number of ether oxygens (including phenoxy) is 1. The molecule has 0 fully saturated rings. The molecule has 3 aromatic rings. The number of nitrogens with one attached hydrogen (secondary N) is 1. The number of hydrogen-bond acceptors (Lipinski definition) is 5. The second-order valence-electron chi connectivity index (χ2n) is 7.09. The summed E-state index contributed by atoms with van der Waals surface area (Å²) in [6, 6.07) is 25.0. The summed E-state index contributed by atoms with van der Waals surface area (Å²) in [5.74, 6) is 0.890. The van der Waals surface area contributed by atoms with Gasteiger partial charge in [-0.1, -0.05) is 48.5 Å². The molecule has 174 valence electrons. The molecule has 1 amide bonds. The number of sulfonamides is 1. The molecule has 6 nitrogen and oxygen atoms in total. The first-order chi connectivity index (χ1) is 16.0. The molecule has 0 aromatic heterocycles. The second-order valence-corrected chi connectivity index (χ2v) is 10.1. The van der Waals surface area contributed by atoms with Gasteiger partial charge < -0.3 is 10.1 Å².